The highest BCUT2D eigenvalue weighted by atomic mass is 16.5. The summed E-state index contributed by atoms with van der Waals surface area (Å²) in [6, 6.07) is 0. The highest BCUT2D eigenvalue weighted by molar-refractivity contribution is 5.74. The summed E-state index contributed by atoms with van der Waals surface area (Å²) >= 11 is 0. The molecule has 0 aliphatic carbocycles. The summed E-state index contributed by atoms with van der Waals surface area (Å²) in [6.07, 6.45) is 12.5. The number of esters is 1. The van der Waals surface area contributed by atoms with Gasteiger partial charge in [0.15, 0.2) is 0 Å². The van der Waals surface area contributed by atoms with Crippen LogP contribution in [0.5, 0.6) is 0 Å². The van der Waals surface area contributed by atoms with Crippen LogP contribution < -0.4 is 5.11 Å². The van der Waals surface area contributed by atoms with E-state index in [1.807, 2.05) is 0 Å². The first-order valence-corrected chi connectivity index (χ1v) is 10.6. The Hall–Kier alpha value is -1.10. The quantitative estimate of drug-likeness (QED) is 0.292. The summed E-state index contributed by atoms with van der Waals surface area (Å²) in [5, 5.41) is 21.6. The van der Waals surface area contributed by atoms with Crippen LogP contribution in [-0.4, -0.2) is 29.3 Å². The second-order valence-electron chi connectivity index (χ2n) is 7.33. The smallest absolute Gasteiger partial charge is 0.305 e. The van der Waals surface area contributed by atoms with Gasteiger partial charge in [0.1, 0.15) is 5.60 Å². The van der Waals surface area contributed by atoms with Gasteiger partial charge in [-0.15, -0.1) is 0 Å². The molecule has 1 N–H and O–H groups in total. The van der Waals surface area contributed by atoms with E-state index in [-0.39, 0.29) is 25.4 Å². The van der Waals surface area contributed by atoms with Gasteiger partial charge in [-0.05, 0) is 25.7 Å². The summed E-state index contributed by atoms with van der Waals surface area (Å²) in [7, 11) is 0. The average Bonchev–Trinajstić information content (AvgIpc) is 2.61. The van der Waals surface area contributed by atoms with Crippen LogP contribution in [0.4, 0.5) is 0 Å². The van der Waals surface area contributed by atoms with Crippen molar-refractivity contribution in [3.63, 3.8) is 0 Å². The van der Waals surface area contributed by atoms with Gasteiger partial charge in [0.25, 0.3) is 0 Å². The molecule has 0 saturated carbocycles. The lowest BCUT2D eigenvalue weighted by atomic mass is 9.91. The molecule has 0 bridgehead atoms. The van der Waals surface area contributed by atoms with Gasteiger partial charge in [-0.1, -0.05) is 78.1 Å². The second-order valence-corrected chi connectivity index (χ2v) is 7.33. The molecule has 0 rings (SSSR count). The van der Waals surface area contributed by atoms with Crippen molar-refractivity contribution in [2.45, 2.75) is 116 Å². The summed E-state index contributed by atoms with van der Waals surface area (Å²) in [4.78, 5) is 22.9. The number of hydrogen-bond donors (Lipinski definition) is 1. The highest BCUT2D eigenvalue weighted by Crippen LogP contribution is 2.21. The van der Waals surface area contributed by atoms with Gasteiger partial charge >= 0.3 is 5.97 Å². The molecule has 0 aliphatic rings. The first kappa shape index (κ1) is 24.9. The van der Waals surface area contributed by atoms with Gasteiger partial charge in [-0.3, -0.25) is 4.79 Å². The van der Waals surface area contributed by atoms with E-state index in [0.29, 0.717) is 19.3 Å². The fourth-order valence-electron chi connectivity index (χ4n) is 3.02. The Balaban J connectivity index is 3.87. The van der Waals surface area contributed by atoms with Gasteiger partial charge in [0, 0.05) is 6.42 Å². The number of carboxylic acids is 1. The van der Waals surface area contributed by atoms with E-state index < -0.39 is 11.6 Å². The number of unbranched alkanes of at least 4 members (excludes halogenated alkanes) is 9. The third-order valence-electron chi connectivity index (χ3n) is 4.81. The Kier molecular flexibility index (Phi) is 15.4. The fourth-order valence-corrected chi connectivity index (χ4v) is 3.02. The number of hydrogen-bond acceptors (Lipinski definition) is 5. The van der Waals surface area contributed by atoms with E-state index >= 15 is 0 Å². The molecule has 26 heavy (non-hydrogen) atoms. The first-order chi connectivity index (χ1) is 12.5. The zero-order valence-electron chi connectivity index (χ0n) is 16.9. The molecule has 1 unspecified atom stereocenters. The normalized spacial score (nSPS) is 13.3. The maximum absolute atomic E-state index is 11.6. The van der Waals surface area contributed by atoms with Crippen molar-refractivity contribution in [1.29, 1.82) is 0 Å². The summed E-state index contributed by atoms with van der Waals surface area (Å²) in [5.74, 6) is -1.66. The van der Waals surface area contributed by atoms with Crippen molar-refractivity contribution < 1.29 is 24.5 Å². The van der Waals surface area contributed by atoms with Gasteiger partial charge in [0.2, 0.25) is 0 Å². The first-order valence-electron chi connectivity index (χ1n) is 10.6. The van der Waals surface area contributed by atoms with Crippen molar-refractivity contribution in [2.24, 2.45) is 0 Å². The van der Waals surface area contributed by atoms with Gasteiger partial charge in [0.05, 0.1) is 12.6 Å². The number of aliphatic carboxylic acids is 1. The van der Waals surface area contributed by atoms with Crippen LogP contribution in [0.15, 0.2) is 0 Å². The standard InChI is InChI=1S/C21H40O5/c1-3-5-7-9-11-13-16-21(25,20(23)24)17-14-18-26-19(22)15-12-10-8-6-4-2/h25H,3-18H2,1-2H3,(H,23,24)/p-1. The van der Waals surface area contributed by atoms with E-state index in [1.165, 1.54) is 25.7 Å². The number of carbonyl (C=O) groups is 2. The SMILES string of the molecule is CCCCCCCCC(O)(CCCOC(=O)CCCCCCC)C(=O)[O-]. The molecule has 1 atom stereocenters. The molecule has 0 saturated heterocycles. The van der Waals surface area contributed by atoms with Crippen molar-refractivity contribution in [1.82, 2.24) is 0 Å². The topological polar surface area (TPSA) is 86.7 Å². The lowest BCUT2D eigenvalue weighted by molar-refractivity contribution is -0.325. The van der Waals surface area contributed by atoms with Crippen LogP contribution in [0.2, 0.25) is 0 Å². The molecular formula is C21H39O5-. The maximum Gasteiger partial charge on any atom is 0.305 e. The molecule has 0 fully saturated rings. The predicted octanol–water partition coefficient (Wildman–Crippen LogP) is 3.90. The largest absolute Gasteiger partial charge is 0.547 e. The molecule has 0 heterocycles. The number of ether oxygens (including phenoxy) is 1. The molecule has 5 nitrogen and oxygen atoms in total. The van der Waals surface area contributed by atoms with E-state index in [1.54, 1.807) is 0 Å². The van der Waals surface area contributed by atoms with Crippen LogP contribution in [0.25, 0.3) is 0 Å². The van der Waals surface area contributed by atoms with Crippen LogP contribution >= 0.6 is 0 Å². The van der Waals surface area contributed by atoms with E-state index in [0.717, 1.165) is 38.5 Å². The Morgan fingerprint density at radius 2 is 1.31 bits per heavy atom. The van der Waals surface area contributed by atoms with Crippen molar-refractivity contribution in [3.8, 4) is 0 Å². The lowest BCUT2D eigenvalue weighted by Crippen LogP contribution is -2.48. The zero-order chi connectivity index (χ0) is 19.7. The number of rotatable bonds is 18. The summed E-state index contributed by atoms with van der Waals surface area (Å²) in [6.45, 7) is 4.45. The summed E-state index contributed by atoms with van der Waals surface area (Å²) < 4.78 is 5.13. The molecule has 154 valence electrons. The van der Waals surface area contributed by atoms with Crippen molar-refractivity contribution in [2.75, 3.05) is 6.61 Å². The maximum atomic E-state index is 11.6. The third kappa shape index (κ3) is 13.2. The van der Waals surface area contributed by atoms with Crippen molar-refractivity contribution >= 4 is 11.9 Å². The highest BCUT2D eigenvalue weighted by Gasteiger charge is 2.27. The van der Waals surface area contributed by atoms with Gasteiger partial charge in [-0.25, -0.2) is 0 Å². The van der Waals surface area contributed by atoms with Crippen molar-refractivity contribution in [3.05, 3.63) is 0 Å². The Bertz CT molecular complexity index is 369. The summed E-state index contributed by atoms with van der Waals surface area (Å²) in [5.41, 5.74) is -1.81. The molecular weight excluding hydrogens is 332 g/mol. The molecule has 0 amide bonds. The van der Waals surface area contributed by atoms with Gasteiger partial charge in [-0.2, -0.15) is 0 Å². The lowest BCUT2D eigenvalue weighted by Gasteiger charge is -2.29. The van der Waals surface area contributed by atoms with Crippen LogP contribution in [0.3, 0.4) is 0 Å². The average molecular weight is 372 g/mol. The Labute approximate surface area is 159 Å². The number of carbonyl (C=O) groups excluding carboxylic acids is 2. The minimum Gasteiger partial charge on any atom is -0.547 e. The molecule has 0 radical (unpaired) electrons. The van der Waals surface area contributed by atoms with Gasteiger partial charge < -0.3 is 19.7 Å². The van der Waals surface area contributed by atoms with E-state index in [2.05, 4.69) is 13.8 Å². The number of carboxylic acid groups (broad SMARTS) is 1. The molecule has 0 aromatic heterocycles. The molecule has 0 spiro atoms. The van der Waals surface area contributed by atoms with Crippen LogP contribution in [-0.2, 0) is 14.3 Å². The minimum absolute atomic E-state index is 0.0636. The molecule has 5 heteroatoms. The Morgan fingerprint density at radius 3 is 1.88 bits per heavy atom. The molecule has 0 aromatic rings. The second kappa shape index (κ2) is 16.1. The predicted molar refractivity (Wildman–Crippen MR) is 102 cm³/mol. The monoisotopic (exact) mass is 371 g/mol. The van der Waals surface area contributed by atoms with Crippen LogP contribution in [0.1, 0.15) is 110 Å². The van der Waals surface area contributed by atoms with Crippen LogP contribution in [0, 0.1) is 0 Å². The van der Waals surface area contributed by atoms with E-state index in [9.17, 15) is 19.8 Å². The Morgan fingerprint density at radius 1 is 0.808 bits per heavy atom. The molecule has 0 aliphatic heterocycles. The number of aliphatic hydroxyl groups is 1. The fraction of sp³-hybridized carbons (Fsp3) is 0.905. The molecule has 0 aromatic carbocycles. The zero-order valence-corrected chi connectivity index (χ0v) is 16.9. The minimum atomic E-state index is -1.81. The third-order valence-corrected chi connectivity index (χ3v) is 4.81. The van der Waals surface area contributed by atoms with E-state index in [4.69, 9.17) is 4.74 Å².